The number of aromatic nitrogens is 4. The Morgan fingerprint density at radius 1 is 1.12 bits per heavy atom. The minimum atomic E-state index is 0.0896. The number of nitrogens with zero attached hydrogens (tertiary/aromatic N) is 5. The lowest BCUT2D eigenvalue weighted by Gasteiger charge is -2.41. The molecule has 0 amide bonds. The molecule has 0 bridgehead atoms. The van der Waals surface area contributed by atoms with Crippen molar-refractivity contribution in [1.82, 2.24) is 19.9 Å². The number of ether oxygens (including phenoxy) is 1. The van der Waals surface area contributed by atoms with Crippen molar-refractivity contribution in [1.29, 1.82) is 0 Å². The molecule has 10 heteroatoms. The van der Waals surface area contributed by atoms with Crippen LogP contribution >= 0.6 is 23.4 Å². The molecule has 3 aromatic rings. The van der Waals surface area contributed by atoms with Crippen LogP contribution in [0.15, 0.2) is 58.8 Å². The quantitative estimate of drug-likeness (QED) is 0.554. The number of hydrogen-bond donors (Lipinski definition) is 2. The average Bonchev–Trinajstić information content (AvgIpc) is 3.12. The molecule has 2 saturated heterocycles. The van der Waals surface area contributed by atoms with Crippen molar-refractivity contribution in [3.05, 3.63) is 54.1 Å². The van der Waals surface area contributed by atoms with Gasteiger partial charge in [0.2, 0.25) is 11.9 Å². The van der Waals surface area contributed by atoms with E-state index in [-0.39, 0.29) is 17.6 Å². The Morgan fingerprint density at radius 2 is 1.85 bits per heavy atom. The van der Waals surface area contributed by atoms with Crippen LogP contribution < -0.4 is 16.0 Å². The van der Waals surface area contributed by atoms with E-state index in [1.165, 1.54) is 11.8 Å². The number of halogens is 1. The molecule has 2 aromatic heterocycles. The number of piperidine rings is 1. The van der Waals surface area contributed by atoms with Crippen molar-refractivity contribution in [2.24, 2.45) is 11.1 Å². The molecule has 0 saturated carbocycles. The topological polar surface area (TPSA) is 102 Å². The van der Waals surface area contributed by atoms with Crippen LogP contribution in [0.3, 0.4) is 0 Å². The van der Waals surface area contributed by atoms with Crippen molar-refractivity contribution >= 4 is 40.9 Å². The highest BCUT2D eigenvalue weighted by Gasteiger charge is 2.47. The van der Waals surface area contributed by atoms with E-state index in [9.17, 15) is 0 Å². The second-order valence-corrected chi connectivity index (χ2v) is 10.0. The summed E-state index contributed by atoms with van der Waals surface area (Å²) in [4.78, 5) is 21.7. The third-order valence-corrected chi connectivity index (χ3v) is 8.03. The van der Waals surface area contributed by atoms with Crippen molar-refractivity contribution in [2.45, 2.75) is 41.7 Å². The van der Waals surface area contributed by atoms with Crippen LogP contribution in [0.1, 0.15) is 19.8 Å². The Morgan fingerprint density at radius 3 is 2.52 bits per heavy atom. The van der Waals surface area contributed by atoms with Crippen molar-refractivity contribution in [2.75, 3.05) is 29.9 Å². The van der Waals surface area contributed by atoms with Crippen molar-refractivity contribution < 1.29 is 4.74 Å². The van der Waals surface area contributed by atoms with Crippen molar-refractivity contribution in [3.63, 3.8) is 0 Å². The molecule has 3 N–H and O–H groups in total. The van der Waals surface area contributed by atoms with Gasteiger partial charge < -0.3 is 20.7 Å². The minimum absolute atomic E-state index is 0.0896. The molecule has 2 aliphatic rings. The van der Waals surface area contributed by atoms with Gasteiger partial charge in [-0.3, -0.25) is 0 Å². The predicted octanol–water partition coefficient (Wildman–Crippen LogP) is 4.15. The summed E-state index contributed by atoms with van der Waals surface area (Å²) in [6.45, 7) is 4.60. The SMILES string of the molecule is C[C@@H]1OCC2(CCN(c3ncc(Sc4cccc(Nc5ncccn5)c4Cl)cn3)CC2)[C@@H]1N. The largest absolute Gasteiger partial charge is 0.376 e. The van der Waals surface area contributed by atoms with Crippen LogP contribution in [0.2, 0.25) is 5.02 Å². The Balaban J connectivity index is 1.23. The van der Waals surface area contributed by atoms with Crippen LogP contribution in [0.4, 0.5) is 17.6 Å². The molecule has 0 unspecified atom stereocenters. The fourth-order valence-electron chi connectivity index (χ4n) is 4.45. The molecular formula is C23H26ClN7OS. The van der Waals surface area contributed by atoms with Crippen LogP contribution in [-0.2, 0) is 4.74 Å². The molecule has 172 valence electrons. The molecule has 8 nitrogen and oxygen atoms in total. The van der Waals surface area contributed by atoms with E-state index >= 15 is 0 Å². The number of nitrogens with two attached hydrogens (primary N) is 1. The second-order valence-electron chi connectivity index (χ2n) is 8.53. The zero-order valence-electron chi connectivity index (χ0n) is 18.3. The monoisotopic (exact) mass is 483 g/mol. The zero-order valence-corrected chi connectivity index (χ0v) is 19.9. The summed E-state index contributed by atoms with van der Waals surface area (Å²) in [5.41, 5.74) is 7.27. The smallest absolute Gasteiger partial charge is 0.227 e. The molecule has 2 aliphatic heterocycles. The third kappa shape index (κ3) is 4.63. The zero-order chi connectivity index (χ0) is 22.8. The second kappa shape index (κ2) is 9.42. The van der Waals surface area contributed by atoms with Gasteiger partial charge in [0, 0.05) is 59.1 Å². The molecule has 1 aromatic carbocycles. The highest BCUT2D eigenvalue weighted by Crippen LogP contribution is 2.42. The van der Waals surface area contributed by atoms with E-state index in [1.807, 2.05) is 30.6 Å². The molecule has 33 heavy (non-hydrogen) atoms. The lowest BCUT2D eigenvalue weighted by Crippen LogP contribution is -2.50. The van der Waals surface area contributed by atoms with E-state index in [4.69, 9.17) is 22.1 Å². The maximum atomic E-state index is 6.63. The number of anilines is 3. The molecule has 2 fully saturated rings. The highest BCUT2D eigenvalue weighted by molar-refractivity contribution is 7.99. The van der Waals surface area contributed by atoms with Gasteiger partial charge in [0.1, 0.15) is 0 Å². The maximum absolute atomic E-state index is 6.63. The average molecular weight is 484 g/mol. The van der Waals surface area contributed by atoms with Gasteiger partial charge >= 0.3 is 0 Å². The first-order valence-corrected chi connectivity index (χ1v) is 12.2. The standard InChI is InChI=1S/C23H26ClN7OS/c1-15-20(25)23(14-32-15)6-10-31(11-7-23)22-28-12-16(13-29-22)33-18-5-2-4-17(19(18)24)30-21-26-8-3-9-27-21/h2-5,8-9,12-13,15,20H,6-7,10-11,14,25H2,1H3,(H,26,27,30)/t15-,20+/m0/s1. The van der Waals surface area contributed by atoms with E-state index in [2.05, 4.69) is 37.1 Å². The summed E-state index contributed by atoms with van der Waals surface area (Å²) >= 11 is 8.16. The van der Waals surface area contributed by atoms with Crippen LogP contribution in [-0.4, -0.2) is 51.8 Å². The van der Waals surface area contributed by atoms with Gasteiger partial charge in [-0.15, -0.1) is 0 Å². The summed E-state index contributed by atoms with van der Waals surface area (Å²) < 4.78 is 5.82. The Bertz CT molecular complexity index is 1090. The van der Waals surface area contributed by atoms with E-state index in [0.29, 0.717) is 11.0 Å². The van der Waals surface area contributed by atoms with Gasteiger partial charge in [0.15, 0.2) is 0 Å². The molecule has 0 radical (unpaired) electrons. The third-order valence-electron chi connectivity index (χ3n) is 6.51. The molecular weight excluding hydrogens is 458 g/mol. The van der Waals surface area contributed by atoms with Gasteiger partial charge in [-0.1, -0.05) is 29.4 Å². The van der Waals surface area contributed by atoms with Gasteiger partial charge in [-0.2, -0.15) is 0 Å². The van der Waals surface area contributed by atoms with Gasteiger partial charge in [0.25, 0.3) is 0 Å². The number of benzene rings is 1. The molecule has 2 atom stereocenters. The van der Waals surface area contributed by atoms with Gasteiger partial charge in [0.05, 0.1) is 23.4 Å². The Hall–Kier alpha value is -2.46. The van der Waals surface area contributed by atoms with Gasteiger partial charge in [-0.25, -0.2) is 19.9 Å². The summed E-state index contributed by atoms with van der Waals surface area (Å²) in [5, 5.41) is 3.76. The van der Waals surface area contributed by atoms with Crippen molar-refractivity contribution in [3.8, 4) is 0 Å². The molecule has 5 rings (SSSR count). The molecule has 4 heterocycles. The van der Waals surface area contributed by atoms with Crippen LogP contribution in [0.25, 0.3) is 0 Å². The lowest BCUT2D eigenvalue weighted by atomic mass is 9.73. The minimum Gasteiger partial charge on any atom is -0.376 e. The van der Waals surface area contributed by atoms with E-state index < -0.39 is 0 Å². The summed E-state index contributed by atoms with van der Waals surface area (Å²) in [6, 6.07) is 7.67. The van der Waals surface area contributed by atoms with Crippen LogP contribution in [0.5, 0.6) is 0 Å². The van der Waals surface area contributed by atoms with E-state index in [1.54, 1.807) is 18.5 Å². The van der Waals surface area contributed by atoms with E-state index in [0.717, 1.165) is 54.0 Å². The molecule has 1 spiro atoms. The predicted molar refractivity (Wildman–Crippen MR) is 130 cm³/mol. The summed E-state index contributed by atoms with van der Waals surface area (Å²) in [5.74, 6) is 1.25. The van der Waals surface area contributed by atoms with Crippen LogP contribution in [0, 0.1) is 5.41 Å². The highest BCUT2D eigenvalue weighted by atomic mass is 35.5. The lowest BCUT2D eigenvalue weighted by molar-refractivity contribution is 0.0973. The first-order chi connectivity index (χ1) is 16.0. The summed E-state index contributed by atoms with van der Waals surface area (Å²) in [7, 11) is 0. The Kier molecular flexibility index (Phi) is 6.38. The number of rotatable bonds is 5. The maximum Gasteiger partial charge on any atom is 0.227 e. The van der Waals surface area contributed by atoms with Gasteiger partial charge in [-0.05, 0) is 38.0 Å². The number of hydrogen-bond acceptors (Lipinski definition) is 9. The fourth-order valence-corrected chi connectivity index (χ4v) is 5.55. The summed E-state index contributed by atoms with van der Waals surface area (Å²) in [6.07, 6.45) is 9.18. The first-order valence-electron chi connectivity index (χ1n) is 11.0. The fraction of sp³-hybridized carbons (Fsp3) is 0.391. The molecule has 0 aliphatic carbocycles. The normalized spacial score (nSPS) is 22.0. The number of nitrogens with one attached hydrogen (secondary N) is 1. The first kappa shape index (κ1) is 22.3. The Labute approximate surface area is 202 Å².